The monoisotopic (exact) mass is 384 g/mol. The van der Waals surface area contributed by atoms with Gasteiger partial charge in [-0.3, -0.25) is 10.1 Å². The maximum atomic E-state index is 12.2. The summed E-state index contributed by atoms with van der Waals surface area (Å²) in [6.45, 7) is 2.13. The fourth-order valence-electron chi connectivity index (χ4n) is 2.68. The first kappa shape index (κ1) is 19.4. The molecule has 1 aliphatic rings. The van der Waals surface area contributed by atoms with Gasteiger partial charge in [-0.05, 0) is 12.1 Å². The molecule has 150 valence electrons. The Labute approximate surface area is 157 Å². The topological polar surface area (TPSA) is 160 Å². The van der Waals surface area contributed by atoms with Crippen molar-refractivity contribution in [3.8, 4) is 0 Å². The van der Waals surface area contributed by atoms with Crippen molar-refractivity contribution in [3.05, 3.63) is 24.3 Å². The molecule has 1 aliphatic heterocycles. The number of hydrogen-bond acceptors (Lipinski definition) is 7. The zero-order chi connectivity index (χ0) is 21.1. The van der Waals surface area contributed by atoms with Gasteiger partial charge in [0.1, 0.15) is 24.4 Å². The predicted octanol–water partition coefficient (Wildman–Crippen LogP) is -0.232. The lowest BCUT2D eigenvalue weighted by Crippen LogP contribution is -2.66. The summed E-state index contributed by atoms with van der Waals surface area (Å²) in [5.41, 5.74) is 0.491. The maximum Gasteiger partial charge on any atom is 0.409 e. The van der Waals surface area contributed by atoms with Gasteiger partial charge in [0.2, 0.25) is 5.91 Å². The average molecular weight is 384 g/mol. The molecule has 1 fully saturated rings. The van der Waals surface area contributed by atoms with Crippen molar-refractivity contribution in [2.24, 2.45) is 5.89 Å². The van der Waals surface area contributed by atoms with Gasteiger partial charge in [0, 0.05) is 7.26 Å². The molecule has 1 aromatic carbocycles. The van der Waals surface area contributed by atoms with E-state index < -0.39 is 55.1 Å². The Morgan fingerprint density at radius 3 is 2.41 bits per heavy atom. The molecule has 0 aromatic heterocycles. The molecule has 1 unspecified atom stereocenters. The summed E-state index contributed by atoms with van der Waals surface area (Å²) in [6.07, 6.45) is -6.53. The fraction of sp³-hybridized carbons (Fsp3) is 0.529. The van der Waals surface area contributed by atoms with Crippen molar-refractivity contribution >= 4 is 23.4 Å². The minimum absolute atomic E-state index is 0.200. The van der Waals surface area contributed by atoms with Crippen molar-refractivity contribution in [3.63, 3.8) is 0 Å². The molecular formula is C17H25N3O7. The van der Waals surface area contributed by atoms with Gasteiger partial charge in [-0.1, -0.05) is 26.0 Å². The van der Waals surface area contributed by atoms with Gasteiger partial charge in [-0.25, -0.2) is 4.79 Å². The first-order chi connectivity index (χ1) is 13.0. The van der Waals surface area contributed by atoms with E-state index in [1.165, 1.54) is 19.9 Å². The number of aliphatic hydroxyl groups is 3. The number of benzene rings is 1. The normalized spacial score (nSPS) is 28.8. The summed E-state index contributed by atoms with van der Waals surface area (Å²) in [5, 5.41) is 46.5. The van der Waals surface area contributed by atoms with Crippen molar-refractivity contribution in [1.82, 2.24) is 5.32 Å². The Balaban J connectivity index is 2.31. The lowest BCUT2D eigenvalue weighted by molar-refractivity contribution is -0.188. The van der Waals surface area contributed by atoms with E-state index in [0.29, 0.717) is 5.69 Å². The molecule has 5 atom stereocenters. The Morgan fingerprint density at radius 1 is 1.22 bits per heavy atom. The summed E-state index contributed by atoms with van der Waals surface area (Å²) in [6, 6.07) is 5.11. The molecule has 2 rings (SSSR count). The minimum Gasteiger partial charge on any atom is -0.465 e. The van der Waals surface area contributed by atoms with E-state index in [1.807, 2.05) is 0 Å². The molecule has 0 bridgehead atoms. The number of rotatable bonds is 6. The summed E-state index contributed by atoms with van der Waals surface area (Å²) in [7, 11) is 0. The smallest absolute Gasteiger partial charge is 0.409 e. The average Bonchev–Trinajstić information content (AvgIpc) is 2.61. The van der Waals surface area contributed by atoms with E-state index in [4.69, 9.17) is 11.2 Å². The largest absolute Gasteiger partial charge is 0.465 e. The zero-order valence-corrected chi connectivity index (χ0v) is 14.9. The number of amides is 2. The van der Waals surface area contributed by atoms with Gasteiger partial charge < -0.3 is 35.8 Å². The van der Waals surface area contributed by atoms with Crippen LogP contribution in [0.4, 0.5) is 16.2 Å². The lowest BCUT2D eigenvalue weighted by Gasteiger charge is -2.43. The molecule has 1 saturated heterocycles. The van der Waals surface area contributed by atoms with Gasteiger partial charge in [-0.2, -0.15) is 0 Å². The van der Waals surface area contributed by atoms with E-state index >= 15 is 0 Å². The van der Waals surface area contributed by atoms with Crippen LogP contribution in [0, 0.1) is 5.89 Å². The van der Waals surface area contributed by atoms with Gasteiger partial charge in [-0.15, -0.1) is 0 Å². The number of carboxylic acid groups (broad SMARTS) is 1. The van der Waals surface area contributed by atoms with Crippen LogP contribution in [-0.2, 0) is 9.53 Å². The molecule has 10 heteroatoms. The molecule has 7 N–H and O–H groups in total. The number of nitrogens with one attached hydrogen (secondary N) is 3. The predicted molar refractivity (Wildman–Crippen MR) is 96.2 cm³/mol. The first-order valence-corrected chi connectivity index (χ1v) is 8.33. The van der Waals surface area contributed by atoms with E-state index in [2.05, 4.69) is 16.0 Å². The van der Waals surface area contributed by atoms with Gasteiger partial charge >= 0.3 is 6.09 Å². The van der Waals surface area contributed by atoms with E-state index in [-0.39, 0.29) is 5.69 Å². The second-order valence-electron chi connectivity index (χ2n) is 6.38. The lowest BCUT2D eigenvalue weighted by atomic mass is 9.95. The third kappa shape index (κ3) is 5.07. The summed E-state index contributed by atoms with van der Waals surface area (Å²) in [5.74, 6) is -2.22. The highest BCUT2D eigenvalue weighted by atomic mass is 16.5. The fourth-order valence-corrected chi connectivity index (χ4v) is 2.68. The van der Waals surface area contributed by atoms with Crippen LogP contribution in [0.5, 0.6) is 0 Å². The third-order valence-corrected chi connectivity index (χ3v) is 4.14. The number of carbonyl (C=O) groups is 2. The molecule has 0 aliphatic carbocycles. The van der Waals surface area contributed by atoms with E-state index in [1.54, 1.807) is 18.2 Å². The molecular weight excluding hydrogens is 358 g/mol. The number of aliphatic hydroxyl groups excluding tert-OH is 3. The molecule has 1 aromatic rings. The second-order valence-corrected chi connectivity index (χ2v) is 6.38. The van der Waals surface area contributed by atoms with Crippen molar-refractivity contribution in [2.75, 3.05) is 17.2 Å². The Bertz CT molecular complexity index is 712. The summed E-state index contributed by atoms with van der Waals surface area (Å²) < 4.78 is 13.4. The molecule has 0 radical (unpaired) electrons. The number of anilines is 2. The third-order valence-electron chi connectivity index (χ3n) is 4.14. The minimum atomic E-state index is -1.51. The molecule has 10 nitrogen and oxygen atoms in total. The van der Waals surface area contributed by atoms with E-state index in [0.717, 1.165) is 0 Å². The van der Waals surface area contributed by atoms with Gasteiger partial charge in [0.25, 0.3) is 0 Å². The number of hydrogen-bond donors (Lipinski definition) is 7. The van der Waals surface area contributed by atoms with Crippen molar-refractivity contribution in [1.29, 1.82) is 0 Å². The van der Waals surface area contributed by atoms with Crippen molar-refractivity contribution < 1.29 is 36.1 Å². The zero-order valence-electron chi connectivity index (χ0n) is 15.9. The Hall–Kier alpha value is -2.40. The quantitative estimate of drug-likeness (QED) is 0.354. The number of carbonyl (C=O) groups excluding carboxylic acids is 1. The first-order valence-electron chi connectivity index (χ1n) is 8.83. The molecule has 0 saturated carbocycles. The standard InChI is InChI=1S/C17H25N3O7/c1-8(2)15(24)20-12-14(23)13(22)11(7-21)27-16(12)18-9-5-3-4-6-10(9)19-17(25)26/h3-6,8,11-14,16,18-19,21-23H,7H2,1-2H3,(H,20,24)(H,25,26)/t11-,12-,13-,14-,16?/m1/s1/i8D. The summed E-state index contributed by atoms with van der Waals surface area (Å²) >= 11 is 0. The van der Waals surface area contributed by atoms with Crippen LogP contribution in [0.3, 0.4) is 0 Å². The van der Waals surface area contributed by atoms with E-state index in [9.17, 15) is 24.9 Å². The van der Waals surface area contributed by atoms with Crippen LogP contribution in [0.15, 0.2) is 24.3 Å². The van der Waals surface area contributed by atoms with Crippen LogP contribution in [0.25, 0.3) is 0 Å². The summed E-state index contributed by atoms with van der Waals surface area (Å²) in [4.78, 5) is 23.2. The second kappa shape index (κ2) is 9.00. The van der Waals surface area contributed by atoms with Gasteiger partial charge in [0.05, 0.1) is 18.0 Å². The molecule has 2 amide bonds. The molecule has 0 spiro atoms. The SMILES string of the molecule is [2H]C(C)(C)C(=O)N[C@H]1C(Nc2ccccc2NC(=O)O)O[C@H](CO)[C@@H](O)[C@@H]1O. The van der Waals surface area contributed by atoms with Gasteiger partial charge in [0.15, 0.2) is 6.23 Å². The maximum absolute atomic E-state index is 12.2. The number of para-hydroxylation sites is 2. The Morgan fingerprint density at radius 2 is 1.85 bits per heavy atom. The van der Waals surface area contributed by atoms with Crippen LogP contribution in [0.2, 0.25) is 0 Å². The number of ether oxygens (including phenoxy) is 1. The van der Waals surface area contributed by atoms with Crippen LogP contribution in [-0.4, -0.2) is 69.6 Å². The molecule has 1 heterocycles. The molecule has 27 heavy (non-hydrogen) atoms. The Kier molecular flexibility index (Phi) is 6.45. The highest BCUT2D eigenvalue weighted by Crippen LogP contribution is 2.27. The highest BCUT2D eigenvalue weighted by Gasteiger charge is 2.45. The van der Waals surface area contributed by atoms with Crippen LogP contribution >= 0.6 is 0 Å². The van der Waals surface area contributed by atoms with Crippen molar-refractivity contribution in [2.45, 2.75) is 44.4 Å². The van der Waals surface area contributed by atoms with Crippen LogP contribution in [0.1, 0.15) is 15.2 Å². The highest BCUT2D eigenvalue weighted by molar-refractivity contribution is 5.88. The van der Waals surface area contributed by atoms with Crippen LogP contribution < -0.4 is 16.0 Å².